The summed E-state index contributed by atoms with van der Waals surface area (Å²) in [6, 6.07) is 0. The van der Waals surface area contributed by atoms with Crippen LogP contribution in [-0.2, 0) is 4.74 Å². The first-order chi connectivity index (χ1) is 7.22. The van der Waals surface area contributed by atoms with Crippen LogP contribution in [0.15, 0.2) is 9.64 Å². The SMILES string of the molecule is COCCNCC(C)Sc1nnc(C)o1. The number of aryl methyl sites for hydroxylation is 1. The molecule has 1 N–H and O–H groups in total. The number of ether oxygens (including phenoxy) is 1. The Morgan fingerprint density at radius 2 is 2.33 bits per heavy atom. The first-order valence-electron chi connectivity index (χ1n) is 4.88. The smallest absolute Gasteiger partial charge is 0.276 e. The van der Waals surface area contributed by atoms with Crippen molar-refractivity contribution >= 4 is 11.8 Å². The van der Waals surface area contributed by atoms with Crippen molar-refractivity contribution in [3.05, 3.63) is 5.89 Å². The Bertz CT molecular complexity index is 280. The van der Waals surface area contributed by atoms with Crippen LogP contribution in [-0.4, -0.2) is 42.3 Å². The van der Waals surface area contributed by atoms with E-state index in [1.807, 2.05) is 0 Å². The van der Waals surface area contributed by atoms with Gasteiger partial charge in [0.2, 0.25) is 5.89 Å². The lowest BCUT2D eigenvalue weighted by atomic mass is 10.4. The maximum atomic E-state index is 5.27. The number of nitrogens with one attached hydrogen (secondary N) is 1. The Morgan fingerprint density at radius 3 is 2.93 bits per heavy atom. The summed E-state index contributed by atoms with van der Waals surface area (Å²) >= 11 is 1.58. The second-order valence-electron chi connectivity index (χ2n) is 3.21. The molecule has 6 heteroatoms. The third kappa shape index (κ3) is 5.15. The number of rotatable bonds is 7. The monoisotopic (exact) mass is 231 g/mol. The van der Waals surface area contributed by atoms with Crippen LogP contribution >= 0.6 is 11.8 Å². The molecule has 0 aliphatic carbocycles. The third-order valence-electron chi connectivity index (χ3n) is 1.72. The molecule has 0 aliphatic rings. The van der Waals surface area contributed by atoms with Gasteiger partial charge in [0.25, 0.3) is 5.22 Å². The number of methoxy groups -OCH3 is 1. The first kappa shape index (κ1) is 12.5. The molecule has 0 saturated heterocycles. The van der Waals surface area contributed by atoms with E-state index >= 15 is 0 Å². The van der Waals surface area contributed by atoms with Gasteiger partial charge < -0.3 is 14.5 Å². The van der Waals surface area contributed by atoms with E-state index in [4.69, 9.17) is 9.15 Å². The highest BCUT2D eigenvalue weighted by Crippen LogP contribution is 2.20. The molecule has 0 fully saturated rings. The summed E-state index contributed by atoms with van der Waals surface area (Å²) < 4.78 is 10.2. The summed E-state index contributed by atoms with van der Waals surface area (Å²) in [4.78, 5) is 0. The van der Waals surface area contributed by atoms with Gasteiger partial charge in [0.15, 0.2) is 0 Å². The van der Waals surface area contributed by atoms with E-state index in [9.17, 15) is 0 Å². The Kier molecular flexibility index (Phi) is 5.67. The van der Waals surface area contributed by atoms with E-state index in [-0.39, 0.29) is 0 Å². The van der Waals surface area contributed by atoms with E-state index in [0.717, 1.165) is 19.7 Å². The maximum Gasteiger partial charge on any atom is 0.276 e. The molecule has 1 aromatic heterocycles. The number of thioether (sulfide) groups is 1. The van der Waals surface area contributed by atoms with E-state index in [1.54, 1.807) is 25.8 Å². The van der Waals surface area contributed by atoms with Gasteiger partial charge in [-0.05, 0) is 0 Å². The minimum Gasteiger partial charge on any atom is -0.416 e. The summed E-state index contributed by atoms with van der Waals surface area (Å²) in [5.41, 5.74) is 0. The highest BCUT2D eigenvalue weighted by atomic mass is 32.2. The van der Waals surface area contributed by atoms with Gasteiger partial charge in [-0.25, -0.2) is 0 Å². The van der Waals surface area contributed by atoms with Crippen molar-refractivity contribution < 1.29 is 9.15 Å². The van der Waals surface area contributed by atoms with Gasteiger partial charge in [-0.15, -0.1) is 10.2 Å². The molecule has 1 heterocycles. The molecule has 0 aliphatic heterocycles. The topological polar surface area (TPSA) is 60.2 Å². The minimum atomic E-state index is 0.404. The van der Waals surface area contributed by atoms with Gasteiger partial charge in [-0.3, -0.25) is 0 Å². The Balaban J connectivity index is 2.15. The van der Waals surface area contributed by atoms with E-state index < -0.39 is 0 Å². The van der Waals surface area contributed by atoms with E-state index in [1.165, 1.54) is 0 Å². The minimum absolute atomic E-state index is 0.404. The summed E-state index contributed by atoms with van der Waals surface area (Å²) in [5, 5.41) is 12.0. The van der Waals surface area contributed by atoms with Gasteiger partial charge in [-0.2, -0.15) is 0 Å². The molecule has 0 radical (unpaired) electrons. The molecule has 1 aromatic rings. The molecule has 0 aromatic carbocycles. The Labute approximate surface area is 94.0 Å². The number of hydrogen-bond donors (Lipinski definition) is 1. The largest absolute Gasteiger partial charge is 0.416 e. The quantitative estimate of drug-likeness (QED) is 0.560. The van der Waals surface area contributed by atoms with Crippen molar-refractivity contribution in [1.82, 2.24) is 15.5 Å². The Hall–Kier alpha value is -0.590. The summed E-state index contributed by atoms with van der Waals surface area (Å²) in [5.74, 6) is 0.608. The molecular weight excluding hydrogens is 214 g/mol. The lowest BCUT2D eigenvalue weighted by Gasteiger charge is -2.09. The molecule has 15 heavy (non-hydrogen) atoms. The molecule has 1 rings (SSSR count). The van der Waals surface area contributed by atoms with E-state index in [2.05, 4.69) is 22.4 Å². The number of hydrogen-bond acceptors (Lipinski definition) is 6. The zero-order valence-corrected chi connectivity index (χ0v) is 10.1. The van der Waals surface area contributed by atoms with Gasteiger partial charge in [-0.1, -0.05) is 18.7 Å². The molecule has 5 nitrogen and oxygen atoms in total. The van der Waals surface area contributed by atoms with Crippen LogP contribution in [0.1, 0.15) is 12.8 Å². The average Bonchev–Trinajstić information content (AvgIpc) is 2.59. The number of aromatic nitrogens is 2. The second kappa shape index (κ2) is 6.81. The molecule has 0 bridgehead atoms. The van der Waals surface area contributed by atoms with Crippen molar-refractivity contribution in [2.75, 3.05) is 26.8 Å². The Morgan fingerprint density at radius 1 is 1.53 bits per heavy atom. The van der Waals surface area contributed by atoms with Crippen LogP contribution in [0.3, 0.4) is 0 Å². The lowest BCUT2D eigenvalue weighted by molar-refractivity contribution is 0.199. The molecule has 86 valence electrons. The van der Waals surface area contributed by atoms with Gasteiger partial charge in [0.05, 0.1) is 6.61 Å². The van der Waals surface area contributed by atoms with Crippen molar-refractivity contribution in [2.24, 2.45) is 0 Å². The molecule has 1 atom stereocenters. The summed E-state index contributed by atoms with van der Waals surface area (Å²) in [6.07, 6.45) is 0. The first-order valence-corrected chi connectivity index (χ1v) is 5.76. The molecular formula is C9H17N3O2S. The normalized spacial score (nSPS) is 13.0. The van der Waals surface area contributed by atoms with Gasteiger partial charge in [0.1, 0.15) is 0 Å². The van der Waals surface area contributed by atoms with Crippen LogP contribution in [0.4, 0.5) is 0 Å². The fourth-order valence-corrected chi connectivity index (χ4v) is 1.82. The highest BCUT2D eigenvalue weighted by Gasteiger charge is 2.09. The summed E-state index contributed by atoms with van der Waals surface area (Å²) in [6.45, 7) is 6.40. The average molecular weight is 231 g/mol. The van der Waals surface area contributed by atoms with Crippen LogP contribution in [0.2, 0.25) is 0 Å². The zero-order valence-electron chi connectivity index (χ0n) is 9.32. The molecule has 0 spiro atoms. The predicted molar refractivity (Wildman–Crippen MR) is 59.1 cm³/mol. The molecule has 1 unspecified atom stereocenters. The number of nitrogens with zero attached hydrogens (tertiary/aromatic N) is 2. The van der Waals surface area contributed by atoms with Gasteiger partial charge >= 0.3 is 0 Å². The molecule has 0 saturated carbocycles. The van der Waals surface area contributed by atoms with Crippen LogP contribution < -0.4 is 5.32 Å². The maximum absolute atomic E-state index is 5.27. The van der Waals surface area contributed by atoms with Crippen LogP contribution in [0, 0.1) is 6.92 Å². The van der Waals surface area contributed by atoms with Crippen molar-refractivity contribution in [1.29, 1.82) is 0 Å². The molecule has 0 amide bonds. The standard InChI is InChI=1S/C9H17N3O2S/c1-7(6-10-4-5-13-3)15-9-12-11-8(2)14-9/h7,10H,4-6H2,1-3H3. The van der Waals surface area contributed by atoms with Crippen LogP contribution in [0.25, 0.3) is 0 Å². The summed E-state index contributed by atoms with van der Waals surface area (Å²) in [7, 11) is 1.70. The fourth-order valence-electron chi connectivity index (χ4n) is 1.02. The van der Waals surface area contributed by atoms with Crippen LogP contribution in [0.5, 0.6) is 0 Å². The fraction of sp³-hybridized carbons (Fsp3) is 0.778. The zero-order chi connectivity index (χ0) is 11.1. The van der Waals surface area contributed by atoms with Crippen molar-refractivity contribution in [3.63, 3.8) is 0 Å². The highest BCUT2D eigenvalue weighted by molar-refractivity contribution is 7.99. The van der Waals surface area contributed by atoms with Crippen molar-refractivity contribution in [2.45, 2.75) is 24.3 Å². The predicted octanol–water partition coefficient (Wildman–Crippen LogP) is 1.09. The lowest BCUT2D eigenvalue weighted by Crippen LogP contribution is -2.26. The van der Waals surface area contributed by atoms with Gasteiger partial charge in [0, 0.05) is 32.4 Å². The third-order valence-corrected chi connectivity index (χ3v) is 2.66. The van der Waals surface area contributed by atoms with Crippen molar-refractivity contribution in [3.8, 4) is 0 Å². The second-order valence-corrected chi connectivity index (χ2v) is 4.60. The van der Waals surface area contributed by atoms with E-state index in [0.29, 0.717) is 16.4 Å².